The SMILES string of the molecule is CNC(C1CCOC2(CCC2)C1)C1(C)CCCCC1. The van der Waals surface area contributed by atoms with Crippen LogP contribution in [0.2, 0.25) is 0 Å². The quantitative estimate of drug-likeness (QED) is 0.836. The standard InChI is InChI=1S/C17H31NO/c1-16(8-4-3-5-9-16)15(18-2)14-7-12-19-17(13-14)10-6-11-17/h14-15,18H,3-13H2,1-2H3. The van der Waals surface area contributed by atoms with E-state index in [1.165, 1.54) is 64.2 Å². The highest BCUT2D eigenvalue weighted by Gasteiger charge is 2.47. The van der Waals surface area contributed by atoms with E-state index in [0.29, 0.717) is 17.1 Å². The largest absolute Gasteiger partial charge is 0.375 e. The number of hydrogen-bond donors (Lipinski definition) is 1. The van der Waals surface area contributed by atoms with Crippen molar-refractivity contribution in [2.45, 2.75) is 82.8 Å². The Hall–Kier alpha value is -0.0800. The molecule has 2 heteroatoms. The van der Waals surface area contributed by atoms with Crippen molar-refractivity contribution >= 4 is 0 Å². The van der Waals surface area contributed by atoms with Gasteiger partial charge in [-0.15, -0.1) is 0 Å². The Morgan fingerprint density at radius 1 is 1.05 bits per heavy atom. The van der Waals surface area contributed by atoms with Crippen LogP contribution in [-0.2, 0) is 4.74 Å². The minimum Gasteiger partial charge on any atom is -0.375 e. The van der Waals surface area contributed by atoms with Crippen molar-refractivity contribution in [1.82, 2.24) is 5.32 Å². The van der Waals surface area contributed by atoms with Crippen LogP contribution in [0, 0.1) is 11.3 Å². The smallest absolute Gasteiger partial charge is 0.0685 e. The first-order valence-electron chi connectivity index (χ1n) is 8.49. The van der Waals surface area contributed by atoms with Crippen molar-refractivity contribution in [2.24, 2.45) is 11.3 Å². The second-order valence-corrected chi connectivity index (χ2v) is 7.62. The fourth-order valence-corrected chi connectivity index (χ4v) is 5.09. The van der Waals surface area contributed by atoms with E-state index in [9.17, 15) is 0 Å². The van der Waals surface area contributed by atoms with Crippen LogP contribution < -0.4 is 5.32 Å². The number of ether oxygens (including phenoxy) is 1. The average Bonchev–Trinajstić information content (AvgIpc) is 2.39. The van der Waals surface area contributed by atoms with Crippen LogP contribution in [0.3, 0.4) is 0 Å². The van der Waals surface area contributed by atoms with Gasteiger partial charge in [-0.1, -0.05) is 26.2 Å². The molecule has 2 unspecified atom stereocenters. The Kier molecular flexibility index (Phi) is 3.92. The highest BCUT2D eigenvalue weighted by Crippen LogP contribution is 2.49. The van der Waals surface area contributed by atoms with Crippen LogP contribution in [0.1, 0.15) is 71.1 Å². The topological polar surface area (TPSA) is 21.3 Å². The maximum atomic E-state index is 6.12. The minimum absolute atomic E-state index is 0.295. The number of hydrogen-bond acceptors (Lipinski definition) is 2. The van der Waals surface area contributed by atoms with E-state index < -0.39 is 0 Å². The van der Waals surface area contributed by atoms with Gasteiger partial charge >= 0.3 is 0 Å². The Morgan fingerprint density at radius 3 is 2.37 bits per heavy atom. The average molecular weight is 265 g/mol. The Labute approximate surface area is 118 Å². The van der Waals surface area contributed by atoms with E-state index >= 15 is 0 Å². The minimum atomic E-state index is 0.295. The molecule has 0 aromatic heterocycles. The van der Waals surface area contributed by atoms with Crippen molar-refractivity contribution in [3.63, 3.8) is 0 Å². The van der Waals surface area contributed by atoms with Crippen LogP contribution in [0.4, 0.5) is 0 Å². The van der Waals surface area contributed by atoms with Crippen molar-refractivity contribution in [3.8, 4) is 0 Å². The molecule has 1 saturated heterocycles. The lowest BCUT2D eigenvalue weighted by Gasteiger charge is -2.52. The molecule has 0 radical (unpaired) electrons. The lowest BCUT2D eigenvalue weighted by molar-refractivity contribution is -0.152. The molecule has 1 N–H and O–H groups in total. The van der Waals surface area contributed by atoms with Crippen molar-refractivity contribution in [2.75, 3.05) is 13.7 Å². The van der Waals surface area contributed by atoms with Gasteiger partial charge in [0.1, 0.15) is 0 Å². The van der Waals surface area contributed by atoms with E-state index in [1.54, 1.807) is 0 Å². The molecular formula is C17H31NO. The Balaban J connectivity index is 1.70. The van der Waals surface area contributed by atoms with Crippen molar-refractivity contribution in [3.05, 3.63) is 0 Å². The molecule has 0 aromatic rings. The summed E-state index contributed by atoms with van der Waals surface area (Å²) in [6.45, 7) is 3.54. The van der Waals surface area contributed by atoms with Gasteiger partial charge in [0, 0.05) is 12.6 Å². The third-order valence-electron chi connectivity index (χ3n) is 6.32. The van der Waals surface area contributed by atoms with Gasteiger partial charge in [0.05, 0.1) is 5.60 Å². The van der Waals surface area contributed by atoms with Crippen LogP contribution in [0.5, 0.6) is 0 Å². The summed E-state index contributed by atoms with van der Waals surface area (Å²) in [6, 6.07) is 0.703. The fraction of sp³-hybridized carbons (Fsp3) is 1.00. The van der Waals surface area contributed by atoms with E-state index in [0.717, 1.165) is 12.5 Å². The van der Waals surface area contributed by atoms with Crippen molar-refractivity contribution < 1.29 is 4.74 Å². The van der Waals surface area contributed by atoms with E-state index in [2.05, 4.69) is 19.3 Å². The maximum absolute atomic E-state index is 6.12. The molecule has 0 aromatic carbocycles. The molecule has 2 atom stereocenters. The molecule has 2 saturated carbocycles. The fourth-order valence-electron chi connectivity index (χ4n) is 5.09. The summed E-state index contributed by atoms with van der Waals surface area (Å²) < 4.78 is 6.12. The zero-order valence-corrected chi connectivity index (χ0v) is 12.8. The first kappa shape index (κ1) is 13.9. The lowest BCUT2D eigenvalue weighted by atomic mass is 9.62. The molecule has 0 bridgehead atoms. The molecule has 3 rings (SSSR count). The van der Waals surface area contributed by atoms with Crippen LogP contribution in [-0.4, -0.2) is 25.3 Å². The molecule has 19 heavy (non-hydrogen) atoms. The molecule has 2 aliphatic carbocycles. The van der Waals surface area contributed by atoms with Gasteiger partial charge in [-0.2, -0.15) is 0 Å². The predicted molar refractivity (Wildman–Crippen MR) is 79.3 cm³/mol. The van der Waals surface area contributed by atoms with Crippen molar-refractivity contribution in [1.29, 1.82) is 0 Å². The summed E-state index contributed by atoms with van der Waals surface area (Å²) in [5.41, 5.74) is 0.822. The summed E-state index contributed by atoms with van der Waals surface area (Å²) in [7, 11) is 2.19. The molecule has 0 amide bonds. The van der Waals surface area contributed by atoms with Gasteiger partial charge in [0.2, 0.25) is 0 Å². The lowest BCUT2D eigenvalue weighted by Crippen LogP contribution is -2.54. The second-order valence-electron chi connectivity index (χ2n) is 7.62. The molecule has 2 nitrogen and oxygen atoms in total. The highest BCUT2D eigenvalue weighted by atomic mass is 16.5. The van der Waals surface area contributed by atoms with Crippen LogP contribution in [0.15, 0.2) is 0 Å². The van der Waals surface area contributed by atoms with Gasteiger partial charge in [-0.05, 0) is 63.3 Å². The molecular weight excluding hydrogens is 234 g/mol. The van der Waals surface area contributed by atoms with Gasteiger partial charge < -0.3 is 10.1 Å². The van der Waals surface area contributed by atoms with Crippen LogP contribution in [0.25, 0.3) is 0 Å². The number of nitrogens with one attached hydrogen (secondary N) is 1. The Bertz CT molecular complexity index is 304. The molecule has 1 spiro atoms. The molecule has 1 aliphatic heterocycles. The first-order valence-corrected chi connectivity index (χ1v) is 8.49. The maximum Gasteiger partial charge on any atom is 0.0685 e. The van der Waals surface area contributed by atoms with Crippen LogP contribution >= 0.6 is 0 Å². The summed E-state index contributed by atoms with van der Waals surface area (Å²) in [5, 5.41) is 3.71. The number of rotatable bonds is 3. The van der Waals surface area contributed by atoms with E-state index in [4.69, 9.17) is 4.74 Å². The third kappa shape index (κ3) is 2.58. The van der Waals surface area contributed by atoms with Gasteiger partial charge in [-0.3, -0.25) is 0 Å². The van der Waals surface area contributed by atoms with E-state index in [-0.39, 0.29) is 0 Å². The van der Waals surface area contributed by atoms with Gasteiger partial charge in [-0.25, -0.2) is 0 Å². The van der Waals surface area contributed by atoms with Gasteiger partial charge in [0.25, 0.3) is 0 Å². The van der Waals surface area contributed by atoms with Gasteiger partial charge in [0.15, 0.2) is 0 Å². The molecule has 1 heterocycles. The third-order valence-corrected chi connectivity index (χ3v) is 6.32. The highest BCUT2D eigenvalue weighted by molar-refractivity contribution is 5.00. The second kappa shape index (κ2) is 5.37. The zero-order valence-electron chi connectivity index (χ0n) is 12.8. The normalized spacial score (nSPS) is 34.7. The summed E-state index contributed by atoms with van der Waals surface area (Å²) >= 11 is 0. The molecule has 3 fully saturated rings. The summed E-state index contributed by atoms with van der Waals surface area (Å²) in [4.78, 5) is 0. The monoisotopic (exact) mass is 265 g/mol. The predicted octanol–water partition coefficient (Wildman–Crippen LogP) is 3.89. The first-order chi connectivity index (χ1) is 9.18. The van der Waals surface area contributed by atoms with E-state index in [1.807, 2.05) is 0 Å². The molecule has 3 aliphatic rings. The summed E-state index contributed by atoms with van der Waals surface area (Å²) in [6.07, 6.45) is 13.8. The Morgan fingerprint density at radius 2 is 1.79 bits per heavy atom. The molecule has 110 valence electrons. The zero-order chi connectivity index (χ0) is 13.3. The summed E-state index contributed by atoms with van der Waals surface area (Å²) in [5.74, 6) is 0.835.